The highest BCUT2D eigenvalue weighted by molar-refractivity contribution is 5.84. The van der Waals surface area contributed by atoms with Crippen LogP contribution in [0.4, 0.5) is 0 Å². The maximum atomic E-state index is 12.2. The lowest BCUT2D eigenvalue weighted by Crippen LogP contribution is -2.38. The monoisotopic (exact) mass is 248 g/mol. The summed E-state index contributed by atoms with van der Waals surface area (Å²) in [5.41, 5.74) is 0.920. The molecule has 1 atom stereocenters. The molecule has 1 amide bonds. The number of hydrogen-bond acceptors (Lipinski definition) is 3. The number of fused-ring (bicyclic) bond motifs is 1. The normalized spacial score (nSPS) is 18.4. The Kier molecular flexibility index (Phi) is 4.59. The molecule has 0 saturated heterocycles. The van der Waals surface area contributed by atoms with Crippen LogP contribution >= 0.6 is 0 Å². The molecule has 1 aromatic carbocycles. The van der Waals surface area contributed by atoms with Gasteiger partial charge in [-0.25, -0.2) is 0 Å². The van der Waals surface area contributed by atoms with E-state index in [2.05, 4.69) is 17.6 Å². The summed E-state index contributed by atoms with van der Waals surface area (Å²) < 4.78 is 5.61. The SMILES string of the molecule is CCCCNC(=O)C1NCCOc2ccccc21. The summed E-state index contributed by atoms with van der Waals surface area (Å²) in [6.07, 6.45) is 2.09. The summed E-state index contributed by atoms with van der Waals surface area (Å²) in [5, 5.41) is 6.19. The lowest BCUT2D eigenvalue weighted by atomic mass is 10.1. The third-order valence-electron chi connectivity index (χ3n) is 3.03. The summed E-state index contributed by atoms with van der Waals surface area (Å²) in [5.74, 6) is 0.833. The molecular weight excluding hydrogens is 228 g/mol. The lowest BCUT2D eigenvalue weighted by molar-refractivity contribution is -0.123. The number of benzene rings is 1. The number of rotatable bonds is 4. The smallest absolute Gasteiger partial charge is 0.241 e. The van der Waals surface area contributed by atoms with Crippen molar-refractivity contribution >= 4 is 5.91 Å². The quantitative estimate of drug-likeness (QED) is 0.796. The summed E-state index contributed by atoms with van der Waals surface area (Å²) in [6.45, 7) is 4.12. The van der Waals surface area contributed by atoms with Gasteiger partial charge in [0.2, 0.25) is 5.91 Å². The fourth-order valence-corrected chi connectivity index (χ4v) is 2.05. The van der Waals surface area contributed by atoms with Crippen LogP contribution in [-0.2, 0) is 4.79 Å². The van der Waals surface area contributed by atoms with Gasteiger partial charge in [-0.3, -0.25) is 10.1 Å². The Morgan fingerprint density at radius 3 is 3.17 bits per heavy atom. The predicted octanol–water partition coefficient (Wildman–Crippen LogP) is 1.63. The Morgan fingerprint density at radius 2 is 2.33 bits per heavy atom. The van der Waals surface area contributed by atoms with Crippen molar-refractivity contribution in [3.8, 4) is 5.75 Å². The second kappa shape index (κ2) is 6.40. The molecular formula is C14H20N2O2. The van der Waals surface area contributed by atoms with E-state index in [4.69, 9.17) is 4.74 Å². The third-order valence-corrected chi connectivity index (χ3v) is 3.03. The molecule has 2 rings (SSSR count). The minimum atomic E-state index is -0.305. The van der Waals surface area contributed by atoms with Crippen LogP contribution in [0.2, 0.25) is 0 Å². The van der Waals surface area contributed by atoms with Crippen LogP contribution in [-0.4, -0.2) is 25.6 Å². The zero-order valence-electron chi connectivity index (χ0n) is 10.7. The number of carbonyl (C=O) groups excluding carboxylic acids is 1. The molecule has 0 spiro atoms. The van der Waals surface area contributed by atoms with E-state index in [1.807, 2.05) is 24.3 Å². The Balaban J connectivity index is 2.09. The second-order valence-corrected chi connectivity index (χ2v) is 4.42. The minimum Gasteiger partial charge on any atom is -0.492 e. The van der Waals surface area contributed by atoms with Gasteiger partial charge >= 0.3 is 0 Å². The maximum absolute atomic E-state index is 12.2. The van der Waals surface area contributed by atoms with Crippen molar-refractivity contribution in [1.82, 2.24) is 10.6 Å². The number of hydrogen-bond donors (Lipinski definition) is 2. The fourth-order valence-electron chi connectivity index (χ4n) is 2.05. The first-order valence-electron chi connectivity index (χ1n) is 6.55. The van der Waals surface area contributed by atoms with Gasteiger partial charge in [0.1, 0.15) is 18.4 Å². The minimum absolute atomic E-state index is 0.0291. The zero-order chi connectivity index (χ0) is 12.8. The highest BCUT2D eigenvalue weighted by atomic mass is 16.5. The van der Waals surface area contributed by atoms with Crippen molar-refractivity contribution in [3.63, 3.8) is 0 Å². The highest BCUT2D eigenvalue weighted by Crippen LogP contribution is 2.26. The second-order valence-electron chi connectivity index (χ2n) is 4.42. The van der Waals surface area contributed by atoms with Gasteiger partial charge < -0.3 is 10.1 Å². The van der Waals surface area contributed by atoms with Crippen molar-refractivity contribution in [2.75, 3.05) is 19.7 Å². The molecule has 2 N–H and O–H groups in total. The number of nitrogens with one attached hydrogen (secondary N) is 2. The molecule has 4 nitrogen and oxygen atoms in total. The van der Waals surface area contributed by atoms with Gasteiger partial charge in [-0.1, -0.05) is 31.5 Å². The van der Waals surface area contributed by atoms with E-state index in [1.54, 1.807) is 0 Å². The van der Waals surface area contributed by atoms with Gasteiger partial charge in [-0.2, -0.15) is 0 Å². The van der Waals surface area contributed by atoms with E-state index in [-0.39, 0.29) is 11.9 Å². The van der Waals surface area contributed by atoms with Crippen LogP contribution in [0, 0.1) is 0 Å². The summed E-state index contributed by atoms with van der Waals surface area (Å²) in [4.78, 5) is 12.2. The average Bonchev–Trinajstić information content (AvgIpc) is 2.61. The van der Waals surface area contributed by atoms with Gasteiger partial charge in [0.25, 0.3) is 0 Å². The number of unbranched alkanes of at least 4 members (excludes halogenated alkanes) is 1. The topological polar surface area (TPSA) is 50.4 Å². The number of ether oxygens (including phenoxy) is 1. The molecule has 0 bridgehead atoms. The van der Waals surface area contributed by atoms with E-state index in [1.165, 1.54) is 0 Å². The van der Waals surface area contributed by atoms with Gasteiger partial charge in [-0.15, -0.1) is 0 Å². The molecule has 1 aromatic rings. The van der Waals surface area contributed by atoms with E-state index in [0.717, 1.165) is 30.7 Å². The molecule has 18 heavy (non-hydrogen) atoms. The standard InChI is InChI=1S/C14H20N2O2/c1-2-3-8-16-14(17)13-11-6-4-5-7-12(11)18-10-9-15-13/h4-7,13,15H,2-3,8-10H2,1H3,(H,16,17). The Bertz CT molecular complexity index is 407. The zero-order valence-corrected chi connectivity index (χ0v) is 10.7. The molecule has 1 aliphatic heterocycles. The molecule has 0 fully saturated rings. The first-order valence-corrected chi connectivity index (χ1v) is 6.55. The Labute approximate surface area is 108 Å². The maximum Gasteiger partial charge on any atom is 0.241 e. The lowest BCUT2D eigenvalue weighted by Gasteiger charge is -2.17. The van der Waals surface area contributed by atoms with Gasteiger partial charge in [0, 0.05) is 18.7 Å². The van der Waals surface area contributed by atoms with Gasteiger partial charge in [0.05, 0.1) is 0 Å². The predicted molar refractivity (Wildman–Crippen MR) is 70.6 cm³/mol. The first-order chi connectivity index (χ1) is 8.83. The van der Waals surface area contributed by atoms with Crippen LogP contribution in [0.15, 0.2) is 24.3 Å². The van der Waals surface area contributed by atoms with E-state index >= 15 is 0 Å². The van der Waals surface area contributed by atoms with Crippen LogP contribution in [0.3, 0.4) is 0 Å². The molecule has 0 radical (unpaired) electrons. The molecule has 0 aromatic heterocycles. The molecule has 0 aliphatic carbocycles. The van der Waals surface area contributed by atoms with Gasteiger partial charge in [0.15, 0.2) is 0 Å². The highest BCUT2D eigenvalue weighted by Gasteiger charge is 2.24. The first kappa shape index (κ1) is 12.9. The average molecular weight is 248 g/mol. The summed E-state index contributed by atoms with van der Waals surface area (Å²) >= 11 is 0. The van der Waals surface area contributed by atoms with Gasteiger partial charge in [-0.05, 0) is 12.5 Å². The van der Waals surface area contributed by atoms with Crippen molar-refractivity contribution in [2.24, 2.45) is 0 Å². The van der Waals surface area contributed by atoms with Crippen molar-refractivity contribution < 1.29 is 9.53 Å². The van der Waals surface area contributed by atoms with Crippen molar-refractivity contribution in [2.45, 2.75) is 25.8 Å². The Hall–Kier alpha value is -1.55. The molecule has 98 valence electrons. The number of carbonyl (C=O) groups is 1. The molecule has 0 saturated carbocycles. The summed E-state index contributed by atoms with van der Waals surface area (Å²) in [7, 11) is 0. The number of amides is 1. The summed E-state index contributed by atoms with van der Waals surface area (Å²) in [6, 6.07) is 7.41. The van der Waals surface area contributed by atoms with Crippen LogP contribution in [0.1, 0.15) is 31.4 Å². The third kappa shape index (κ3) is 3.01. The number of para-hydroxylation sites is 1. The molecule has 1 heterocycles. The van der Waals surface area contributed by atoms with Crippen LogP contribution in [0.25, 0.3) is 0 Å². The van der Waals surface area contributed by atoms with E-state index < -0.39 is 0 Å². The van der Waals surface area contributed by atoms with E-state index in [0.29, 0.717) is 13.2 Å². The Morgan fingerprint density at radius 1 is 1.50 bits per heavy atom. The van der Waals surface area contributed by atoms with Crippen molar-refractivity contribution in [3.05, 3.63) is 29.8 Å². The molecule has 1 unspecified atom stereocenters. The van der Waals surface area contributed by atoms with Crippen LogP contribution < -0.4 is 15.4 Å². The van der Waals surface area contributed by atoms with Crippen molar-refractivity contribution in [1.29, 1.82) is 0 Å². The van der Waals surface area contributed by atoms with E-state index in [9.17, 15) is 4.79 Å². The molecule has 1 aliphatic rings. The molecule has 4 heteroatoms. The van der Waals surface area contributed by atoms with Crippen LogP contribution in [0.5, 0.6) is 5.75 Å². The largest absolute Gasteiger partial charge is 0.492 e. The fraction of sp³-hybridized carbons (Fsp3) is 0.500.